The Morgan fingerprint density at radius 1 is 1.25 bits per heavy atom. The zero-order valence-corrected chi connectivity index (χ0v) is 11.4. The number of pyridine rings is 2. The molecule has 3 aromatic heterocycles. The molecule has 0 saturated heterocycles. The zero-order chi connectivity index (χ0) is 14.1. The number of nitrogen functional groups attached to an aromatic ring is 1. The van der Waals surface area contributed by atoms with E-state index in [1.54, 1.807) is 19.4 Å². The zero-order valence-electron chi connectivity index (χ0n) is 11.4. The van der Waals surface area contributed by atoms with Gasteiger partial charge in [-0.2, -0.15) is 4.98 Å². The van der Waals surface area contributed by atoms with E-state index in [0.717, 1.165) is 22.3 Å². The fraction of sp³-hybridized carbons (Fsp3) is 0.214. The summed E-state index contributed by atoms with van der Waals surface area (Å²) < 4.78 is 7.03. The van der Waals surface area contributed by atoms with Crippen molar-refractivity contribution in [3.8, 4) is 5.88 Å². The summed E-state index contributed by atoms with van der Waals surface area (Å²) in [5, 5.41) is 0. The van der Waals surface area contributed by atoms with Gasteiger partial charge >= 0.3 is 0 Å². The van der Waals surface area contributed by atoms with Crippen LogP contribution in [0.2, 0.25) is 0 Å². The first kappa shape index (κ1) is 12.4. The van der Waals surface area contributed by atoms with Crippen molar-refractivity contribution < 1.29 is 4.74 Å². The predicted molar refractivity (Wildman–Crippen MR) is 76.6 cm³/mol. The number of hydrogen-bond acceptors (Lipinski definition) is 5. The first-order chi connectivity index (χ1) is 9.69. The van der Waals surface area contributed by atoms with E-state index in [0.29, 0.717) is 18.4 Å². The average Bonchev–Trinajstić information content (AvgIpc) is 2.77. The fourth-order valence-corrected chi connectivity index (χ4v) is 2.12. The summed E-state index contributed by atoms with van der Waals surface area (Å²) in [4.78, 5) is 12.8. The van der Waals surface area contributed by atoms with Crippen LogP contribution in [-0.4, -0.2) is 26.6 Å². The summed E-state index contributed by atoms with van der Waals surface area (Å²) in [6.07, 6.45) is 3.60. The summed E-state index contributed by atoms with van der Waals surface area (Å²) in [6.45, 7) is 2.63. The minimum absolute atomic E-state index is 0.442. The Labute approximate surface area is 116 Å². The lowest BCUT2D eigenvalue weighted by atomic mass is 10.1. The predicted octanol–water partition coefficient (Wildman–Crippen LogP) is 1.77. The van der Waals surface area contributed by atoms with Gasteiger partial charge in [0.2, 0.25) is 11.8 Å². The Kier molecular flexibility index (Phi) is 2.98. The van der Waals surface area contributed by atoms with Gasteiger partial charge in [0.1, 0.15) is 5.52 Å². The van der Waals surface area contributed by atoms with Gasteiger partial charge in [0.15, 0.2) is 5.65 Å². The number of fused-ring (bicyclic) bond motifs is 1. The Balaban J connectivity index is 2.11. The number of methoxy groups -OCH3 is 1. The van der Waals surface area contributed by atoms with Crippen LogP contribution in [0.4, 0.5) is 5.95 Å². The van der Waals surface area contributed by atoms with Crippen molar-refractivity contribution in [1.29, 1.82) is 0 Å². The van der Waals surface area contributed by atoms with Crippen LogP contribution in [-0.2, 0) is 6.54 Å². The standard InChI is InChI=1S/C14H15N5O/c1-9-7-16-6-5-10(9)8-19-13-11(17-14(19)15)3-4-12(18-13)20-2/h3-7H,8H2,1-2H3,(H2,15,17). The molecule has 0 atom stereocenters. The number of hydrogen-bond donors (Lipinski definition) is 1. The molecule has 0 aromatic carbocycles. The number of ether oxygens (including phenoxy) is 1. The van der Waals surface area contributed by atoms with E-state index < -0.39 is 0 Å². The number of imidazole rings is 1. The normalized spacial score (nSPS) is 10.9. The monoisotopic (exact) mass is 269 g/mol. The molecule has 0 radical (unpaired) electrons. The summed E-state index contributed by atoms with van der Waals surface area (Å²) >= 11 is 0. The highest BCUT2D eigenvalue weighted by atomic mass is 16.5. The van der Waals surface area contributed by atoms with E-state index in [1.165, 1.54) is 0 Å². The van der Waals surface area contributed by atoms with Crippen molar-refractivity contribution in [2.24, 2.45) is 0 Å². The maximum atomic E-state index is 6.00. The molecule has 102 valence electrons. The first-order valence-corrected chi connectivity index (χ1v) is 6.25. The van der Waals surface area contributed by atoms with E-state index in [-0.39, 0.29) is 0 Å². The summed E-state index contributed by atoms with van der Waals surface area (Å²) in [5.74, 6) is 0.988. The second kappa shape index (κ2) is 4.80. The molecule has 0 fully saturated rings. The first-order valence-electron chi connectivity index (χ1n) is 6.25. The maximum Gasteiger partial charge on any atom is 0.215 e. The largest absolute Gasteiger partial charge is 0.481 e. The third-order valence-corrected chi connectivity index (χ3v) is 3.27. The summed E-state index contributed by atoms with van der Waals surface area (Å²) in [5.41, 5.74) is 9.72. The molecule has 0 unspecified atom stereocenters. The number of anilines is 1. The highest BCUT2D eigenvalue weighted by Crippen LogP contribution is 2.21. The molecule has 3 heterocycles. The van der Waals surface area contributed by atoms with Crippen LogP contribution in [0.1, 0.15) is 11.1 Å². The van der Waals surface area contributed by atoms with Gasteiger partial charge in [-0.1, -0.05) is 0 Å². The van der Waals surface area contributed by atoms with E-state index >= 15 is 0 Å². The molecule has 3 rings (SSSR count). The maximum absolute atomic E-state index is 6.00. The number of aryl methyl sites for hydroxylation is 1. The van der Waals surface area contributed by atoms with Gasteiger partial charge in [0, 0.05) is 18.5 Å². The van der Waals surface area contributed by atoms with E-state index in [9.17, 15) is 0 Å². The highest BCUT2D eigenvalue weighted by molar-refractivity contribution is 5.75. The van der Waals surface area contributed by atoms with Crippen LogP contribution in [0.15, 0.2) is 30.6 Å². The van der Waals surface area contributed by atoms with Crippen molar-refractivity contribution in [2.75, 3.05) is 12.8 Å². The fourth-order valence-electron chi connectivity index (χ4n) is 2.12. The third kappa shape index (κ3) is 2.05. The second-order valence-corrected chi connectivity index (χ2v) is 4.55. The average molecular weight is 269 g/mol. The quantitative estimate of drug-likeness (QED) is 0.784. The Hall–Kier alpha value is -2.63. The number of nitrogens with zero attached hydrogens (tertiary/aromatic N) is 4. The third-order valence-electron chi connectivity index (χ3n) is 3.27. The Morgan fingerprint density at radius 2 is 2.10 bits per heavy atom. The number of rotatable bonds is 3. The molecule has 0 aliphatic carbocycles. The van der Waals surface area contributed by atoms with Crippen LogP contribution in [0.3, 0.4) is 0 Å². The number of aromatic nitrogens is 4. The Bertz CT molecular complexity index is 765. The van der Waals surface area contributed by atoms with Crippen LogP contribution in [0.5, 0.6) is 5.88 Å². The minimum atomic E-state index is 0.442. The van der Waals surface area contributed by atoms with Gasteiger partial charge in [-0.25, -0.2) is 4.98 Å². The van der Waals surface area contributed by atoms with E-state index in [2.05, 4.69) is 15.0 Å². The molecule has 20 heavy (non-hydrogen) atoms. The lowest BCUT2D eigenvalue weighted by molar-refractivity contribution is 0.399. The van der Waals surface area contributed by atoms with Gasteiger partial charge in [0.25, 0.3) is 0 Å². The van der Waals surface area contributed by atoms with Crippen molar-refractivity contribution in [2.45, 2.75) is 13.5 Å². The van der Waals surface area contributed by atoms with Crippen LogP contribution >= 0.6 is 0 Å². The smallest absolute Gasteiger partial charge is 0.215 e. The lowest BCUT2D eigenvalue weighted by Gasteiger charge is -2.08. The van der Waals surface area contributed by atoms with Gasteiger partial charge < -0.3 is 10.5 Å². The highest BCUT2D eigenvalue weighted by Gasteiger charge is 2.12. The molecule has 0 spiro atoms. The molecule has 0 bridgehead atoms. The molecule has 0 saturated carbocycles. The van der Waals surface area contributed by atoms with E-state index in [4.69, 9.17) is 10.5 Å². The van der Waals surface area contributed by atoms with Crippen molar-refractivity contribution >= 4 is 17.1 Å². The lowest BCUT2D eigenvalue weighted by Crippen LogP contribution is -2.06. The SMILES string of the molecule is COc1ccc2nc(N)n(Cc3ccncc3C)c2n1. The van der Waals surface area contributed by atoms with Crippen LogP contribution in [0.25, 0.3) is 11.2 Å². The molecular formula is C14H15N5O. The van der Waals surface area contributed by atoms with Gasteiger partial charge in [0.05, 0.1) is 13.7 Å². The molecule has 6 heteroatoms. The molecular weight excluding hydrogens is 254 g/mol. The molecule has 2 N–H and O–H groups in total. The number of nitrogens with two attached hydrogens (primary N) is 1. The minimum Gasteiger partial charge on any atom is -0.481 e. The molecule has 0 aliphatic rings. The van der Waals surface area contributed by atoms with Gasteiger partial charge in [-0.3, -0.25) is 9.55 Å². The van der Waals surface area contributed by atoms with Gasteiger partial charge in [-0.05, 0) is 30.2 Å². The van der Waals surface area contributed by atoms with Crippen molar-refractivity contribution in [1.82, 2.24) is 19.5 Å². The Morgan fingerprint density at radius 3 is 2.85 bits per heavy atom. The summed E-state index contributed by atoms with van der Waals surface area (Å²) in [7, 11) is 1.59. The topological polar surface area (TPSA) is 78.9 Å². The molecule has 3 aromatic rings. The molecule has 0 aliphatic heterocycles. The van der Waals surface area contributed by atoms with Gasteiger partial charge in [-0.15, -0.1) is 0 Å². The molecule has 0 amide bonds. The van der Waals surface area contributed by atoms with Crippen LogP contribution < -0.4 is 10.5 Å². The second-order valence-electron chi connectivity index (χ2n) is 4.55. The van der Waals surface area contributed by atoms with Crippen molar-refractivity contribution in [3.05, 3.63) is 41.7 Å². The van der Waals surface area contributed by atoms with Crippen LogP contribution in [0, 0.1) is 6.92 Å². The molecule has 6 nitrogen and oxygen atoms in total. The van der Waals surface area contributed by atoms with Crippen molar-refractivity contribution in [3.63, 3.8) is 0 Å². The summed E-state index contributed by atoms with van der Waals surface area (Å²) in [6, 6.07) is 5.60. The van der Waals surface area contributed by atoms with E-state index in [1.807, 2.05) is 29.8 Å².